The Kier molecular flexibility index (Phi) is 8.99. The SMILES string of the molecule is CNC(=O)CCc1ccc(NC(=S)NC(=O)C(C)c2ccc(CC(C)C)cc2)cc1. The molecule has 0 aliphatic rings. The Bertz CT molecular complexity index is 861. The molecular weight excluding hydrogens is 394 g/mol. The van der Waals surface area contributed by atoms with E-state index in [0.717, 1.165) is 23.2 Å². The Morgan fingerprint density at radius 3 is 2.10 bits per heavy atom. The highest BCUT2D eigenvalue weighted by Gasteiger charge is 2.16. The zero-order chi connectivity index (χ0) is 22.1. The second-order valence-electron chi connectivity index (χ2n) is 7.87. The van der Waals surface area contributed by atoms with Gasteiger partial charge in [-0.1, -0.05) is 50.2 Å². The highest BCUT2D eigenvalue weighted by molar-refractivity contribution is 7.80. The Morgan fingerprint density at radius 2 is 1.53 bits per heavy atom. The number of carbonyl (C=O) groups is 2. The van der Waals surface area contributed by atoms with Crippen molar-refractivity contribution < 1.29 is 9.59 Å². The van der Waals surface area contributed by atoms with Gasteiger partial charge in [-0.25, -0.2) is 0 Å². The summed E-state index contributed by atoms with van der Waals surface area (Å²) in [4.78, 5) is 23.9. The average molecular weight is 426 g/mol. The van der Waals surface area contributed by atoms with Crippen LogP contribution in [0.5, 0.6) is 0 Å². The topological polar surface area (TPSA) is 70.2 Å². The van der Waals surface area contributed by atoms with Gasteiger partial charge in [0.15, 0.2) is 5.11 Å². The van der Waals surface area contributed by atoms with Gasteiger partial charge in [0.25, 0.3) is 0 Å². The lowest BCUT2D eigenvalue weighted by Crippen LogP contribution is -2.36. The maximum atomic E-state index is 12.6. The third kappa shape index (κ3) is 7.59. The lowest BCUT2D eigenvalue weighted by molar-refractivity contribution is -0.121. The number of hydrogen-bond donors (Lipinski definition) is 3. The average Bonchev–Trinajstić information content (AvgIpc) is 2.72. The number of carbonyl (C=O) groups excluding carboxylic acids is 2. The number of amides is 2. The van der Waals surface area contributed by atoms with Crippen LogP contribution in [0.3, 0.4) is 0 Å². The standard InChI is InChI=1S/C24H31N3O2S/c1-16(2)15-19-5-10-20(11-6-19)17(3)23(29)27-24(30)26-21-12-7-18(8-13-21)9-14-22(28)25-4/h5-8,10-13,16-17H,9,14-15H2,1-4H3,(H,25,28)(H2,26,27,29,30). The van der Waals surface area contributed by atoms with Crippen LogP contribution in [0.15, 0.2) is 48.5 Å². The summed E-state index contributed by atoms with van der Waals surface area (Å²) in [6.07, 6.45) is 2.15. The summed E-state index contributed by atoms with van der Waals surface area (Å²) in [6, 6.07) is 15.8. The summed E-state index contributed by atoms with van der Waals surface area (Å²) in [5.74, 6) is 0.172. The fourth-order valence-electron chi connectivity index (χ4n) is 3.09. The van der Waals surface area contributed by atoms with E-state index in [1.54, 1.807) is 7.05 Å². The first kappa shape index (κ1) is 23.5. The van der Waals surface area contributed by atoms with Crippen LogP contribution < -0.4 is 16.0 Å². The van der Waals surface area contributed by atoms with Gasteiger partial charge in [-0.15, -0.1) is 0 Å². The molecule has 0 spiro atoms. The molecule has 2 aromatic rings. The van der Waals surface area contributed by atoms with Crippen LogP contribution in [0, 0.1) is 5.92 Å². The van der Waals surface area contributed by atoms with Crippen molar-refractivity contribution in [1.29, 1.82) is 0 Å². The molecule has 0 heterocycles. The van der Waals surface area contributed by atoms with Crippen molar-refractivity contribution in [2.75, 3.05) is 12.4 Å². The lowest BCUT2D eigenvalue weighted by Gasteiger charge is -2.15. The molecule has 5 nitrogen and oxygen atoms in total. The van der Waals surface area contributed by atoms with Crippen molar-refractivity contribution in [3.8, 4) is 0 Å². The molecular formula is C24H31N3O2S. The van der Waals surface area contributed by atoms with Crippen LogP contribution in [0.4, 0.5) is 5.69 Å². The van der Waals surface area contributed by atoms with E-state index in [9.17, 15) is 9.59 Å². The van der Waals surface area contributed by atoms with Gasteiger partial charge >= 0.3 is 0 Å². The number of hydrogen-bond acceptors (Lipinski definition) is 3. The van der Waals surface area contributed by atoms with Crippen LogP contribution in [-0.2, 0) is 22.4 Å². The Labute approximate surface area is 184 Å². The molecule has 0 fully saturated rings. The highest BCUT2D eigenvalue weighted by atomic mass is 32.1. The summed E-state index contributed by atoms with van der Waals surface area (Å²) in [6.45, 7) is 6.25. The summed E-state index contributed by atoms with van der Waals surface area (Å²) < 4.78 is 0. The summed E-state index contributed by atoms with van der Waals surface area (Å²) in [5.41, 5.74) is 4.09. The van der Waals surface area contributed by atoms with Crippen LogP contribution >= 0.6 is 12.2 Å². The number of anilines is 1. The van der Waals surface area contributed by atoms with Crippen LogP contribution in [0.1, 0.15) is 49.8 Å². The van der Waals surface area contributed by atoms with Crippen molar-refractivity contribution in [1.82, 2.24) is 10.6 Å². The van der Waals surface area contributed by atoms with E-state index < -0.39 is 0 Å². The van der Waals surface area contributed by atoms with Crippen molar-refractivity contribution in [3.05, 3.63) is 65.2 Å². The maximum Gasteiger partial charge on any atom is 0.233 e. The third-order valence-electron chi connectivity index (χ3n) is 4.89. The number of nitrogens with one attached hydrogen (secondary N) is 3. The predicted octanol–water partition coefficient (Wildman–Crippen LogP) is 4.18. The van der Waals surface area contributed by atoms with E-state index in [1.165, 1.54) is 5.56 Å². The number of benzene rings is 2. The molecule has 30 heavy (non-hydrogen) atoms. The molecule has 0 aliphatic carbocycles. The van der Waals surface area contributed by atoms with Crippen molar-refractivity contribution in [3.63, 3.8) is 0 Å². The molecule has 2 amide bonds. The monoisotopic (exact) mass is 425 g/mol. The van der Waals surface area contributed by atoms with Gasteiger partial charge in [0.1, 0.15) is 0 Å². The quantitative estimate of drug-likeness (QED) is 0.555. The van der Waals surface area contributed by atoms with Gasteiger partial charge < -0.3 is 16.0 Å². The Balaban J connectivity index is 1.86. The van der Waals surface area contributed by atoms with E-state index in [0.29, 0.717) is 18.8 Å². The van der Waals surface area contributed by atoms with E-state index in [2.05, 4.69) is 41.9 Å². The molecule has 3 N–H and O–H groups in total. The molecule has 0 saturated carbocycles. The molecule has 0 saturated heterocycles. The van der Waals surface area contributed by atoms with Crippen molar-refractivity contribution in [2.45, 2.75) is 46.0 Å². The van der Waals surface area contributed by atoms with Crippen LogP contribution in [-0.4, -0.2) is 24.0 Å². The van der Waals surface area contributed by atoms with Gasteiger partial charge in [-0.05, 0) is 66.7 Å². The highest BCUT2D eigenvalue weighted by Crippen LogP contribution is 2.18. The lowest BCUT2D eigenvalue weighted by atomic mass is 9.96. The van der Waals surface area contributed by atoms with E-state index in [1.807, 2.05) is 43.3 Å². The second-order valence-corrected chi connectivity index (χ2v) is 8.28. The zero-order valence-electron chi connectivity index (χ0n) is 18.1. The molecule has 1 atom stereocenters. The van der Waals surface area contributed by atoms with Gasteiger partial charge in [-0.2, -0.15) is 0 Å². The van der Waals surface area contributed by atoms with Crippen LogP contribution in [0.25, 0.3) is 0 Å². The normalized spacial score (nSPS) is 11.6. The molecule has 160 valence electrons. The van der Waals surface area contributed by atoms with Gasteiger partial charge in [0.05, 0.1) is 5.92 Å². The van der Waals surface area contributed by atoms with E-state index in [-0.39, 0.29) is 22.8 Å². The minimum Gasteiger partial charge on any atom is -0.359 e. The Morgan fingerprint density at radius 1 is 0.933 bits per heavy atom. The molecule has 2 aromatic carbocycles. The van der Waals surface area contributed by atoms with Gasteiger partial charge in [-0.3, -0.25) is 9.59 Å². The third-order valence-corrected chi connectivity index (χ3v) is 5.09. The summed E-state index contributed by atoms with van der Waals surface area (Å²) in [7, 11) is 1.63. The number of aryl methyl sites for hydroxylation is 1. The first-order valence-electron chi connectivity index (χ1n) is 10.3. The minimum absolute atomic E-state index is 0.0183. The second kappa shape index (κ2) is 11.5. The molecule has 0 bridgehead atoms. The van der Waals surface area contributed by atoms with Gasteiger partial charge in [0, 0.05) is 19.2 Å². The molecule has 0 aliphatic heterocycles. The first-order chi connectivity index (χ1) is 14.3. The van der Waals surface area contributed by atoms with Crippen molar-refractivity contribution >= 4 is 34.8 Å². The van der Waals surface area contributed by atoms with Crippen molar-refractivity contribution in [2.24, 2.45) is 5.92 Å². The molecule has 1 unspecified atom stereocenters. The van der Waals surface area contributed by atoms with E-state index in [4.69, 9.17) is 12.2 Å². The predicted molar refractivity (Wildman–Crippen MR) is 127 cm³/mol. The van der Waals surface area contributed by atoms with Crippen LogP contribution in [0.2, 0.25) is 0 Å². The number of thiocarbonyl (C=S) groups is 1. The maximum absolute atomic E-state index is 12.6. The fourth-order valence-corrected chi connectivity index (χ4v) is 3.30. The summed E-state index contributed by atoms with van der Waals surface area (Å²) in [5, 5.41) is 8.68. The molecule has 2 rings (SSSR count). The number of rotatable bonds is 8. The Hall–Kier alpha value is -2.73. The first-order valence-corrected chi connectivity index (χ1v) is 10.7. The molecule has 6 heteroatoms. The largest absolute Gasteiger partial charge is 0.359 e. The summed E-state index contributed by atoms with van der Waals surface area (Å²) >= 11 is 5.29. The molecule has 0 aromatic heterocycles. The van der Waals surface area contributed by atoms with Gasteiger partial charge in [0.2, 0.25) is 11.8 Å². The molecule has 0 radical (unpaired) electrons. The fraction of sp³-hybridized carbons (Fsp3) is 0.375. The van der Waals surface area contributed by atoms with E-state index >= 15 is 0 Å². The minimum atomic E-state index is -0.301. The zero-order valence-corrected chi connectivity index (χ0v) is 18.9. The smallest absolute Gasteiger partial charge is 0.233 e.